The highest BCUT2D eigenvalue weighted by Gasteiger charge is 2.12. The molecule has 0 aliphatic carbocycles. The molecule has 1 aliphatic rings. The molecule has 23 heavy (non-hydrogen) atoms. The van der Waals surface area contributed by atoms with Gasteiger partial charge in [0.05, 0.1) is 5.69 Å². The summed E-state index contributed by atoms with van der Waals surface area (Å²) >= 11 is 1.85. The van der Waals surface area contributed by atoms with Gasteiger partial charge in [-0.25, -0.2) is 0 Å². The second-order valence-electron chi connectivity index (χ2n) is 6.04. The van der Waals surface area contributed by atoms with Gasteiger partial charge in [0.1, 0.15) is 0 Å². The lowest BCUT2D eigenvalue weighted by molar-refractivity contribution is 0.577. The van der Waals surface area contributed by atoms with Crippen LogP contribution < -0.4 is 4.90 Å². The van der Waals surface area contributed by atoms with E-state index in [1.807, 2.05) is 18.0 Å². The van der Waals surface area contributed by atoms with Gasteiger partial charge in [-0.1, -0.05) is 18.2 Å². The van der Waals surface area contributed by atoms with Gasteiger partial charge in [-0.2, -0.15) is 0 Å². The topological polar surface area (TPSA) is 31.9 Å². The van der Waals surface area contributed by atoms with Gasteiger partial charge in [0.2, 0.25) is 0 Å². The Balaban J connectivity index is 1.48. The number of para-hydroxylation sites is 1. The van der Waals surface area contributed by atoms with Crippen molar-refractivity contribution in [1.82, 2.24) is 9.97 Å². The number of aromatic nitrogens is 2. The van der Waals surface area contributed by atoms with Crippen molar-refractivity contribution < 1.29 is 0 Å². The second-order valence-corrected chi connectivity index (χ2v) is 7.06. The molecule has 1 aliphatic heterocycles. The summed E-state index contributed by atoms with van der Waals surface area (Å²) in [6, 6.07) is 12.9. The summed E-state index contributed by atoms with van der Waals surface area (Å²) in [5, 5.41) is 1.30. The first-order valence-corrected chi connectivity index (χ1v) is 9.27. The highest BCUT2D eigenvalue weighted by molar-refractivity contribution is 7.98. The number of nitrogens with zero attached hydrogens (tertiary/aromatic N) is 2. The van der Waals surface area contributed by atoms with Crippen LogP contribution in [0.15, 0.2) is 53.7 Å². The smallest absolute Gasteiger partial charge is 0.0526 e. The summed E-state index contributed by atoms with van der Waals surface area (Å²) in [7, 11) is 0. The van der Waals surface area contributed by atoms with E-state index in [4.69, 9.17) is 0 Å². The average molecular weight is 323 g/mol. The number of hydrogen-bond acceptors (Lipinski definition) is 3. The Morgan fingerprint density at radius 3 is 2.87 bits per heavy atom. The van der Waals surface area contributed by atoms with E-state index in [9.17, 15) is 0 Å². The molecule has 1 saturated heterocycles. The van der Waals surface area contributed by atoms with E-state index in [2.05, 4.69) is 57.5 Å². The molecule has 0 unspecified atom stereocenters. The Hall–Kier alpha value is -1.94. The summed E-state index contributed by atoms with van der Waals surface area (Å²) in [6.07, 6.45) is 8.03. The van der Waals surface area contributed by atoms with Crippen LogP contribution in [0.25, 0.3) is 10.9 Å². The van der Waals surface area contributed by atoms with Crippen molar-refractivity contribution >= 4 is 28.4 Å². The molecule has 118 valence electrons. The molecule has 1 aromatic carbocycles. The first-order valence-electron chi connectivity index (χ1n) is 8.29. The first-order chi connectivity index (χ1) is 11.4. The number of nitrogens with one attached hydrogen (secondary N) is 1. The number of pyridine rings is 1. The zero-order chi connectivity index (χ0) is 15.5. The van der Waals surface area contributed by atoms with Crippen molar-refractivity contribution in [2.45, 2.75) is 29.9 Å². The van der Waals surface area contributed by atoms with Crippen molar-refractivity contribution in [3.05, 3.63) is 54.5 Å². The number of anilines is 1. The maximum atomic E-state index is 4.56. The third-order valence-electron chi connectivity index (χ3n) is 4.45. The molecule has 3 nitrogen and oxygen atoms in total. The minimum absolute atomic E-state index is 0.906. The quantitative estimate of drug-likeness (QED) is 0.697. The molecule has 0 atom stereocenters. The van der Waals surface area contributed by atoms with Gasteiger partial charge in [-0.15, -0.1) is 11.8 Å². The Morgan fingerprint density at radius 2 is 1.96 bits per heavy atom. The molecule has 1 fully saturated rings. The van der Waals surface area contributed by atoms with Crippen molar-refractivity contribution in [3.8, 4) is 0 Å². The number of hydrogen-bond donors (Lipinski definition) is 1. The largest absolute Gasteiger partial charge is 0.371 e. The van der Waals surface area contributed by atoms with Gasteiger partial charge in [-0.05, 0) is 37.5 Å². The predicted octanol–water partition coefficient (Wildman–Crippen LogP) is 4.85. The van der Waals surface area contributed by atoms with Crippen molar-refractivity contribution in [1.29, 1.82) is 0 Å². The molecule has 0 bridgehead atoms. The molecule has 2 aromatic heterocycles. The minimum atomic E-state index is 0.906. The average Bonchev–Trinajstić information content (AvgIpc) is 3.04. The number of fused-ring (bicyclic) bond motifs is 1. The monoisotopic (exact) mass is 323 g/mol. The zero-order valence-corrected chi connectivity index (χ0v) is 14.0. The Morgan fingerprint density at radius 1 is 1.09 bits per heavy atom. The van der Waals surface area contributed by atoms with Gasteiger partial charge in [-0.3, -0.25) is 4.98 Å². The van der Waals surface area contributed by atoms with E-state index in [1.54, 1.807) is 0 Å². The molecule has 3 aromatic rings. The minimum Gasteiger partial charge on any atom is -0.371 e. The van der Waals surface area contributed by atoms with Gasteiger partial charge in [0.15, 0.2) is 0 Å². The molecule has 0 amide bonds. The fourth-order valence-electron chi connectivity index (χ4n) is 3.21. The van der Waals surface area contributed by atoms with Gasteiger partial charge < -0.3 is 9.88 Å². The lowest BCUT2D eigenvalue weighted by atomic mass is 10.1. The lowest BCUT2D eigenvalue weighted by Crippen LogP contribution is -2.29. The third kappa shape index (κ3) is 3.22. The Labute approximate surface area is 141 Å². The summed E-state index contributed by atoms with van der Waals surface area (Å²) in [5.41, 5.74) is 3.68. The fourth-order valence-corrected chi connectivity index (χ4v) is 4.15. The van der Waals surface area contributed by atoms with Crippen molar-refractivity contribution in [3.63, 3.8) is 0 Å². The standard InChI is InChI=1S/C19H21N3S/c1-4-10-22(11-5-1)16-8-9-20-15(12-16)14-23-19-13-21-18-7-3-2-6-17(18)19/h2-3,6-9,12-13,21H,1,4-5,10-11,14H2. The van der Waals surface area contributed by atoms with Gasteiger partial charge in [0.25, 0.3) is 0 Å². The zero-order valence-electron chi connectivity index (χ0n) is 13.2. The summed E-state index contributed by atoms with van der Waals surface area (Å²) in [5.74, 6) is 0.906. The van der Waals surface area contributed by atoms with E-state index in [0.717, 1.165) is 11.4 Å². The van der Waals surface area contributed by atoms with Crippen LogP contribution in [0.3, 0.4) is 0 Å². The molecular formula is C19H21N3S. The van der Waals surface area contributed by atoms with E-state index >= 15 is 0 Å². The Kier molecular flexibility index (Phi) is 4.24. The van der Waals surface area contributed by atoms with Crippen LogP contribution in [-0.2, 0) is 5.75 Å². The molecule has 0 saturated carbocycles. The summed E-state index contributed by atoms with van der Waals surface area (Å²) in [6.45, 7) is 2.36. The summed E-state index contributed by atoms with van der Waals surface area (Å²) < 4.78 is 0. The van der Waals surface area contributed by atoms with E-state index in [1.165, 1.54) is 53.8 Å². The normalized spacial score (nSPS) is 15.2. The van der Waals surface area contributed by atoms with Crippen LogP contribution in [-0.4, -0.2) is 23.1 Å². The van der Waals surface area contributed by atoms with Gasteiger partial charge >= 0.3 is 0 Å². The maximum absolute atomic E-state index is 4.56. The summed E-state index contributed by atoms with van der Waals surface area (Å²) in [4.78, 5) is 11.7. The molecule has 0 radical (unpaired) electrons. The molecule has 1 N–H and O–H groups in total. The van der Waals surface area contributed by atoms with Crippen LogP contribution >= 0.6 is 11.8 Å². The highest BCUT2D eigenvalue weighted by Crippen LogP contribution is 2.30. The number of H-pyrrole nitrogens is 1. The van der Waals surface area contributed by atoms with Crippen LogP contribution in [0.2, 0.25) is 0 Å². The first kappa shape index (κ1) is 14.6. The predicted molar refractivity (Wildman–Crippen MR) is 98.2 cm³/mol. The molecular weight excluding hydrogens is 302 g/mol. The van der Waals surface area contributed by atoms with Crippen LogP contribution in [0.5, 0.6) is 0 Å². The van der Waals surface area contributed by atoms with Gasteiger partial charge in [0, 0.05) is 52.7 Å². The van der Waals surface area contributed by atoms with Crippen molar-refractivity contribution in [2.24, 2.45) is 0 Å². The van der Waals surface area contributed by atoms with Crippen molar-refractivity contribution in [2.75, 3.05) is 18.0 Å². The molecule has 4 rings (SSSR count). The number of thioether (sulfide) groups is 1. The van der Waals surface area contributed by atoms with Crippen LogP contribution in [0.1, 0.15) is 25.0 Å². The third-order valence-corrected chi connectivity index (χ3v) is 5.54. The maximum Gasteiger partial charge on any atom is 0.0526 e. The molecule has 3 heterocycles. The highest BCUT2D eigenvalue weighted by atomic mass is 32.2. The van der Waals surface area contributed by atoms with Crippen LogP contribution in [0.4, 0.5) is 5.69 Å². The van der Waals surface area contributed by atoms with E-state index < -0.39 is 0 Å². The lowest BCUT2D eigenvalue weighted by Gasteiger charge is -2.28. The molecule has 4 heteroatoms. The fraction of sp³-hybridized carbons (Fsp3) is 0.316. The van der Waals surface area contributed by atoms with E-state index in [-0.39, 0.29) is 0 Å². The number of benzene rings is 1. The van der Waals surface area contributed by atoms with E-state index in [0.29, 0.717) is 0 Å². The SMILES string of the molecule is c1ccc2c(SCc3cc(N4CCCCC4)ccn3)c[nH]c2c1. The Bertz CT molecular complexity index is 790. The van der Waals surface area contributed by atoms with Crippen LogP contribution in [0, 0.1) is 0 Å². The second kappa shape index (κ2) is 6.67. The number of piperidine rings is 1. The number of rotatable bonds is 4. The number of aromatic amines is 1. The molecule has 0 spiro atoms.